The van der Waals surface area contributed by atoms with Crippen LogP contribution in [-0.2, 0) is 16.1 Å². The smallest absolute Gasteiger partial charge is 0.303 e. The summed E-state index contributed by atoms with van der Waals surface area (Å²) in [5.74, 6) is -1.46. The molecule has 3 aromatic rings. The zero-order valence-corrected chi connectivity index (χ0v) is 22.5. The fourth-order valence-corrected chi connectivity index (χ4v) is 6.68. The van der Waals surface area contributed by atoms with Gasteiger partial charge in [0.25, 0.3) is 5.01 Å². The molecule has 0 amide bonds. The van der Waals surface area contributed by atoms with E-state index in [1.807, 2.05) is 0 Å². The standard InChI is InChI=1S/C29H32N2O4S2/c32-28(33)18-3-1-9-20-30-22-12-5-7-14-24(22)36-26(30)16-11-17-27-31(21-10-2-4-19-29(34)35)23-13-6-8-15-25(23)37-27/h5-8,11-17H,1-4,9-10,18-21H2,(H-,32,33,34,35)/p+1. The Balaban J connectivity index is 1.47. The number of carbonyl (C=O) groups is 2. The number of aromatic nitrogens is 1. The zero-order chi connectivity index (χ0) is 26.0. The number of nitrogens with zero attached hydrogens (tertiary/aromatic N) is 2. The van der Waals surface area contributed by atoms with Gasteiger partial charge in [-0.15, -0.1) is 0 Å². The zero-order valence-electron chi connectivity index (χ0n) is 20.8. The van der Waals surface area contributed by atoms with E-state index >= 15 is 0 Å². The lowest BCUT2D eigenvalue weighted by Crippen LogP contribution is -2.35. The first-order chi connectivity index (χ1) is 18.0. The van der Waals surface area contributed by atoms with Gasteiger partial charge < -0.3 is 15.1 Å². The normalized spacial score (nSPS) is 14.2. The Morgan fingerprint density at radius 2 is 1.57 bits per heavy atom. The van der Waals surface area contributed by atoms with Gasteiger partial charge in [0.1, 0.15) is 4.70 Å². The van der Waals surface area contributed by atoms with Crippen molar-refractivity contribution in [1.29, 1.82) is 0 Å². The summed E-state index contributed by atoms with van der Waals surface area (Å²) >= 11 is 3.54. The van der Waals surface area contributed by atoms with Crippen LogP contribution in [0.5, 0.6) is 0 Å². The molecule has 6 nitrogen and oxygen atoms in total. The number of carboxylic acids is 2. The number of fused-ring (bicyclic) bond motifs is 2. The SMILES string of the molecule is O=C(O)CCCCCN1C(=CC=Cc2sc3ccccc3[n+]2CCCCCC(=O)O)Sc2ccccc21. The Hall–Kier alpha value is -3.10. The average molecular weight is 538 g/mol. The highest BCUT2D eigenvalue weighted by Crippen LogP contribution is 2.45. The van der Waals surface area contributed by atoms with Crippen molar-refractivity contribution >= 4 is 57.0 Å². The first-order valence-corrected chi connectivity index (χ1v) is 14.4. The molecule has 0 fully saturated rings. The van der Waals surface area contributed by atoms with Crippen molar-refractivity contribution in [2.24, 2.45) is 0 Å². The summed E-state index contributed by atoms with van der Waals surface area (Å²) in [6, 6.07) is 16.8. The molecule has 1 aliphatic rings. The average Bonchev–Trinajstić information content (AvgIpc) is 3.41. The van der Waals surface area contributed by atoms with E-state index in [9.17, 15) is 9.59 Å². The van der Waals surface area contributed by atoms with Gasteiger partial charge in [0.2, 0.25) is 5.52 Å². The molecular weight excluding hydrogens is 504 g/mol. The van der Waals surface area contributed by atoms with Crippen molar-refractivity contribution in [1.82, 2.24) is 0 Å². The number of para-hydroxylation sites is 2. The molecule has 2 N–H and O–H groups in total. The molecule has 0 saturated carbocycles. The van der Waals surface area contributed by atoms with Crippen molar-refractivity contribution in [3.05, 3.63) is 70.7 Å². The van der Waals surface area contributed by atoms with Crippen LogP contribution in [0.25, 0.3) is 16.3 Å². The number of hydrogen-bond donors (Lipinski definition) is 2. The topological polar surface area (TPSA) is 81.7 Å². The number of hydrogen-bond acceptors (Lipinski definition) is 5. The van der Waals surface area contributed by atoms with Crippen LogP contribution in [0.15, 0.2) is 70.6 Å². The van der Waals surface area contributed by atoms with E-state index in [1.165, 1.54) is 30.8 Å². The number of thioether (sulfide) groups is 1. The first-order valence-electron chi connectivity index (χ1n) is 12.8. The lowest BCUT2D eigenvalue weighted by molar-refractivity contribution is -0.669. The predicted octanol–water partition coefficient (Wildman–Crippen LogP) is 6.95. The van der Waals surface area contributed by atoms with Crippen LogP contribution in [0, 0.1) is 0 Å². The summed E-state index contributed by atoms with van der Waals surface area (Å²) in [6.07, 6.45) is 12.0. The Bertz CT molecular complexity index is 1300. The van der Waals surface area contributed by atoms with Crippen LogP contribution < -0.4 is 9.47 Å². The molecule has 0 atom stereocenters. The second kappa shape index (κ2) is 13.4. The minimum absolute atomic E-state index is 0.228. The van der Waals surface area contributed by atoms with Crippen LogP contribution in [-0.4, -0.2) is 28.7 Å². The Kier molecular flexibility index (Phi) is 9.79. The van der Waals surface area contributed by atoms with Gasteiger partial charge in [0.05, 0.1) is 10.7 Å². The quantitative estimate of drug-likeness (QED) is 0.171. The van der Waals surface area contributed by atoms with Gasteiger partial charge in [0, 0.05) is 42.8 Å². The van der Waals surface area contributed by atoms with Crippen LogP contribution in [0.4, 0.5) is 5.69 Å². The van der Waals surface area contributed by atoms with Crippen LogP contribution >= 0.6 is 23.1 Å². The Morgan fingerprint density at radius 3 is 2.35 bits per heavy atom. The molecule has 0 spiro atoms. The van der Waals surface area contributed by atoms with Gasteiger partial charge >= 0.3 is 11.9 Å². The van der Waals surface area contributed by atoms with E-state index in [0.29, 0.717) is 12.8 Å². The monoisotopic (exact) mass is 537 g/mol. The third-order valence-corrected chi connectivity index (χ3v) is 8.56. The molecule has 8 heteroatoms. The maximum absolute atomic E-state index is 10.8. The summed E-state index contributed by atoms with van der Waals surface area (Å²) in [6.45, 7) is 1.73. The number of allylic oxidation sites excluding steroid dienone is 2. The molecule has 37 heavy (non-hydrogen) atoms. The minimum Gasteiger partial charge on any atom is -0.481 e. The molecule has 0 bridgehead atoms. The van der Waals surface area contributed by atoms with Crippen LogP contribution in [0.3, 0.4) is 0 Å². The van der Waals surface area contributed by atoms with E-state index in [2.05, 4.69) is 76.2 Å². The molecule has 1 aromatic heterocycles. The van der Waals surface area contributed by atoms with Crippen molar-refractivity contribution in [2.45, 2.75) is 62.8 Å². The number of aryl methyl sites for hydroxylation is 1. The third-order valence-electron chi connectivity index (χ3n) is 6.30. The number of unbranched alkanes of at least 4 members (excludes halogenated alkanes) is 4. The first kappa shape index (κ1) is 26.9. The van der Waals surface area contributed by atoms with E-state index in [0.717, 1.165) is 38.8 Å². The molecule has 0 unspecified atom stereocenters. The molecule has 0 aliphatic carbocycles. The molecular formula is C29H33N2O4S2+. The summed E-state index contributed by atoms with van der Waals surface area (Å²) in [4.78, 5) is 25.2. The van der Waals surface area contributed by atoms with Crippen LogP contribution in [0.2, 0.25) is 0 Å². The summed E-state index contributed by atoms with van der Waals surface area (Å²) in [5.41, 5.74) is 2.42. The fourth-order valence-electron chi connectivity index (χ4n) is 4.47. The highest BCUT2D eigenvalue weighted by molar-refractivity contribution is 8.03. The number of carboxylic acid groups (broad SMARTS) is 2. The van der Waals surface area contributed by atoms with E-state index in [4.69, 9.17) is 10.2 Å². The largest absolute Gasteiger partial charge is 0.481 e. The van der Waals surface area contributed by atoms with E-state index in [-0.39, 0.29) is 12.8 Å². The fraction of sp³-hybridized carbons (Fsp3) is 0.345. The third kappa shape index (κ3) is 7.46. The number of anilines is 1. The summed E-state index contributed by atoms with van der Waals surface area (Å²) < 4.78 is 3.58. The van der Waals surface area contributed by atoms with Crippen molar-refractivity contribution in [2.75, 3.05) is 11.4 Å². The van der Waals surface area contributed by atoms with Crippen molar-refractivity contribution in [3.63, 3.8) is 0 Å². The molecule has 2 heterocycles. The van der Waals surface area contributed by atoms with Gasteiger partial charge in [-0.3, -0.25) is 9.59 Å². The highest BCUT2D eigenvalue weighted by Gasteiger charge is 2.24. The Morgan fingerprint density at radius 1 is 0.865 bits per heavy atom. The maximum atomic E-state index is 10.8. The van der Waals surface area contributed by atoms with Crippen molar-refractivity contribution < 1.29 is 24.4 Å². The van der Waals surface area contributed by atoms with Gasteiger partial charge in [-0.05, 0) is 50.0 Å². The molecule has 2 aromatic carbocycles. The molecule has 0 saturated heterocycles. The number of benzene rings is 2. The van der Waals surface area contributed by atoms with Gasteiger partial charge in [0.15, 0.2) is 6.54 Å². The second-order valence-corrected chi connectivity index (χ2v) is 11.2. The number of thiazole rings is 1. The second-order valence-electron chi connectivity index (χ2n) is 9.05. The van der Waals surface area contributed by atoms with Gasteiger partial charge in [-0.25, -0.2) is 0 Å². The van der Waals surface area contributed by atoms with Gasteiger partial charge in [-0.2, -0.15) is 4.57 Å². The minimum atomic E-state index is -0.730. The molecule has 194 valence electrons. The molecule has 1 aliphatic heterocycles. The summed E-state index contributed by atoms with van der Waals surface area (Å²) in [5, 5.41) is 20.1. The summed E-state index contributed by atoms with van der Waals surface area (Å²) in [7, 11) is 0. The van der Waals surface area contributed by atoms with E-state index < -0.39 is 11.9 Å². The predicted molar refractivity (Wildman–Crippen MR) is 151 cm³/mol. The van der Waals surface area contributed by atoms with E-state index in [1.54, 1.807) is 23.1 Å². The molecule has 0 radical (unpaired) electrons. The van der Waals surface area contributed by atoms with Gasteiger partial charge in [-0.1, -0.05) is 59.9 Å². The number of aliphatic carboxylic acids is 2. The maximum Gasteiger partial charge on any atom is 0.303 e. The number of rotatable bonds is 14. The lowest BCUT2D eigenvalue weighted by Gasteiger charge is -2.20. The lowest BCUT2D eigenvalue weighted by atomic mass is 10.2. The van der Waals surface area contributed by atoms with Crippen LogP contribution in [0.1, 0.15) is 56.4 Å². The molecule has 4 rings (SSSR count). The Labute approximate surface area is 225 Å². The highest BCUT2D eigenvalue weighted by atomic mass is 32.2. The van der Waals surface area contributed by atoms with Crippen molar-refractivity contribution in [3.8, 4) is 0 Å².